The van der Waals surface area contributed by atoms with Gasteiger partial charge in [0.1, 0.15) is 5.60 Å². The Labute approximate surface area is 100 Å². The Balaban J connectivity index is 1.90. The Bertz CT molecular complexity index is 412. The van der Waals surface area contributed by atoms with Gasteiger partial charge in [0.2, 0.25) is 0 Å². The van der Waals surface area contributed by atoms with E-state index in [4.69, 9.17) is 4.74 Å². The maximum Gasteiger partial charge on any atom is 0.111 e. The van der Waals surface area contributed by atoms with Gasteiger partial charge in [0, 0.05) is 18.3 Å². The Hall–Kier alpha value is -1.04. The first kappa shape index (κ1) is 11.1. The standard InChI is InChI=1S/C12H17N3O2/c1-8-4-13-5-11(14-8)12(16)2-9-6-17-7-10(3-12)15-9/h4-5,9-10,15-16H,2-3,6-7H2,1H3. The number of aliphatic hydroxyl groups is 1. The predicted molar refractivity (Wildman–Crippen MR) is 61.4 cm³/mol. The van der Waals surface area contributed by atoms with E-state index < -0.39 is 5.60 Å². The van der Waals surface area contributed by atoms with Crippen molar-refractivity contribution in [2.24, 2.45) is 0 Å². The number of aromatic nitrogens is 2. The normalized spacial score (nSPS) is 36.8. The molecule has 92 valence electrons. The monoisotopic (exact) mass is 235 g/mol. The van der Waals surface area contributed by atoms with Crippen molar-refractivity contribution in [3.63, 3.8) is 0 Å². The van der Waals surface area contributed by atoms with Crippen molar-refractivity contribution < 1.29 is 9.84 Å². The number of aryl methyl sites for hydroxylation is 1. The van der Waals surface area contributed by atoms with Crippen LogP contribution in [0.2, 0.25) is 0 Å². The van der Waals surface area contributed by atoms with Gasteiger partial charge in [0.25, 0.3) is 0 Å². The third kappa shape index (κ3) is 2.06. The van der Waals surface area contributed by atoms with Gasteiger partial charge in [-0.25, -0.2) is 0 Å². The minimum absolute atomic E-state index is 0.217. The molecule has 0 amide bonds. The molecule has 2 fully saturated rings. The zero-order valence-corrected chi connectivity index (χ0v) is 9.89. The topological polar surface area (TPSA) is 67.3 Å². The maximum atomic E-state index is 10.8. The smallest absolute Gasteiger partial charge is 0.111 e. The lowest BCUT2D eigenvalue weighted by molar-refractivity contribution is -0.0826. The van der Waals surface area contributed by atoms with E-state index in [-0.39, 0.29) is 12.1 Å². The van der Waals surface area contributed by atoms with Crippen LogP contribution in [0.25, 0.3) is 0 Å². The lowest BCUT2D eigenvalue weighted by Gasteiger charge is -2.44. The van der Waals surface area contributed by atoms with Gasteiger partial charge in [-0.3, -0.25) is 9.97 Å². The summed E-state index contributed by atoms with van der Waals surface area (Å²) in [6, 6.07) is 0.435. The van der Waals surface area contributed by atoms with Crippen LogP contribution in [-0.2, 0) is 10.3 Å². The van der Waals surface area contributed by atoms with E-state index in [1.165, 1.54) is 0 Å². The van der Waals surface area contributed by atoms with Crippen LogP contribution in [-0.4, -0.2) is 40.4 Å². The van der Waals surface area contributed by atoms with Crippen LogP contribution in [0.15, 0.2) is 12.4 Å². The molecule has 1 aromatic heterocycles. The average Bonchev–Trinajstić information content (AvgIpc) is 2.28. The third-order valence-electron chi connectivity index (χ3n) is 3.51. The van der Waals surface area contributed by atoms with Crippen LogP contribution >= 0.6 is 0 Å². The van der Waals surface area contributed by atoms with E-state index in [0.29, 0.717) is 31.7 Å². The summed E-state index contributed by atoms with van der Waals surface area (Å²) in [7, 11) is 0. The summed E-state index contributed by atoms with van der Waals surface area (Å²) in [4.78, 5) is 8.54. The van der Waals surface area contributed by atoms with Gasteiger partial charge in [-0.15, -0.1) is 0 Å². The molecule has 5 heteroatoms. The van der Waals surface area contributed by atoms with E-state index in [1.807, 2.05) is 6.92 Å². The molecule has 2 atom stereocenters. The largest absolute Gasteiger partial charge is 0.383 e. The second-order valence-electron chi connectivity index (χ2n) is 5.08. The number of nitrogens with zero attached hydrogens (tertiary/aromatic N) is 2. The number of hydrogen-bond acceptors (Lipinski definition) is 5. The number of nitrogens with one attached hydrogen (secondary N) is 1. The quantitative estimate of drug-likeness (QED) is 0.724. The molecule has 3 rings (SSSR count). The van der Waals surface area contributed by atoms with Crippen molar-refractivity contribution in [1.29, 1.82) is 0 Å². The maximum absolute atomic E-state index is 10.8. The fourth-order valence-electron chi connectivity index (χ4n) is 2.81. The summed E-state index contributed by atoms with van der Waals surface area (Å²) in [5, 5.41) is 14.2. The molecule has 1 aromatic rings. The predicted octanol–water partition coefficient (Wildman–Crippen LogP) is 0.123. The van der Waals surface area contributed by atoms with E-state index in [1.54, 1.807) is 12.4 Å². The Kier molecular flexibility index (Phi) is 2.61. The summed E-state index contributed by atoms with van der Waals surface area (Å²) < 4.78 is 5.48. The van der Waals surface area contributed by atoms with Crippen molar-refractivity contribution in [2.75, 3.05) is 13.2 Å². The Morgan fingerprint density at radius 1 is 1.35 bits per heavy atom. The van der Waals surface area contributed by atoms with E-state index in [2.05, 4.69) is 15.3 Å². The molecule has 17 heavy (non-hydrogen) atoms. The number of rotatable bonds is 1. The number of ether oxygens (including phenoxy) is 1. The van der Waals surface area contributed by atoms with Gasteiger partial charge < -0.3 is 15.2 Å². The molecule has 0 aromatic carbocycles. The molecular formula is C12H17N3O2. The fraction of sp³-hybridized carbons (Fsp3) is 0.667. The SMILES string of the molecule is Cc1cncc(C2(O)CC3COCC(C2)N3)n1. The van der Waals surface area contributed by atoms with Crippen LogP contribution in [0.3, 0.4) is 0 Å². The highest BCUT2D eigenvalue weighted by Gasteiger charge is 2.43. The van der Waals surface area contributed by atoms with Crippen LogP contribution in [0.1, 0.15) is 24.2 Å². The summed E-state index contributed by atoms with van der Waals surface area (Å²) in [5.74, 6) is 0. The van der Waals surface area contributed by atoms with E-state index in [9.17, 15) is 5.11 Å². The Morgan fingerprint density at radius 3 is 2.71 bits per heavy atom. The molecule has 0 saturated carbocycles. The Morgan fingerprint density at radius 2 is 2.06 bits per heavy atom. The van der Waals surface area contributed by atoms with Gasteiger partial charge in [0.15, 0.2) is 0 Å². The summed E-state index contributed by atoms with van der Waals surface area (Å²) in [6.45, 7) is 3.22. The second-order valence-corrected chi connectivity index (χ2v) is 5.08. The summed E-state index contributed by atoms with van der Waals surface area (Å²) >= 11 is 0. The molecule has 5 nitrogen and oxygen atoms in total. The first-order valence-corrected chi connectivity index (χ1v) is 6.01. The molecule has 0 aliphatic carbocycles. The second kappa shape index (κ2) is 4.01. The minimum atomic E-state index is -0.858. The number of fused-ring (bicyclic) bond motifs is 2. The van der Waals surface area contributed by atoms with Crippen molar-refractivity contribution in [1.82, 2.24) is 15.3 Å². The van der Waals surface area contributed by atoms with Crippen molar-refractivity contribution in [3.8, 4) is 0 Å². The number of piperidine rings is 1. The molecular weight excluding hydrogens is 218 g/mol. The molecule has 2 saturated heterocycles. The van der Waals surface area contributed by atoms with Gasteiger partial charge in [-0.2, -0.15) is 0 Å². The molecule has 2 unspecified atom stereocenters. The van der Waals surface area contributed by atoms with Gasteiger partial charge in [-0.1, -0.05) is 0 Å². The van der Waals surface area contributed by atoms with Crippen molar-refractivity contribution >= 4 is 0 Å². The molecule has 3 heterocycles. The summed E-state index contributed by atoms with van der Waals surface area (Å²) in [6.07, 6.45) is 4.66. The van der Waals surface area contributed by atoms with Gasteiger partial charge >= 0.3 is 0 Å². The van der Waals surface area contributed by atoms with Crippen LogP contribution in [0, 0.1) is 6.92 Å². The van der Waals surface area contributed by atoms with Crippen molar-refractivity contribution in [2.45, 2.75) is 37.5 Å². The highest BCUT2D eigenvalue weighted by molar-refractivity contribution is 5.15. The molecule has 2 N–H and O–H groups in total. The first-order valence-electron chi connectivity index (χ1n) is 6.01. The van der Waals surface area contributed by atoms with Crippen LogP contribution < -0.4 is 5.32 Å². The van der Waals surface area contributed by atoms with Crippen molar-refractivity contribution in [3.05, 3.63) is 23.8 Å². The molecule has 2 aliphatic heterocycles. The lowest BCUT2D eigenvalue weighted by Crippen LogP contribution is -2.58. The van der Waals surface area contributed by atoms with E-state index in [0.717, 1.165) is 5.69 Å². The first-order chi connectivity index (χ1) is 8.16. The third-order valence-corrected chi connectivity index (χ3v) is 3.51. The minimum Gasteiger partial charge on any atom is -0.383 e. The molecule has 0 spiro atoms. The zero-order chi connectivity index (χ0) is 11.9. The van der Waals surface area contributed by atoms with Crippen LogP contribution in [0.5, 0.6) is 0 Å². The number of morpholine rings is 1. The molecule has 0 radical (unpaired) electrons. The number of hydrogen-bond donors (Lipinski definition) is 2. The van der Waals surface area contributed by atoms with E-state index >= 15 is 0 Å². The summed E-state index contributed by atoms with van der Waals surface area (Å²) in [5.41, 5.74) is 0.676. The zero-order valence-electron chi connectivity index (χ0n) is 9.89. The van der Waals surface area contributed by atoms with Gasteiger partial charge in [-0.05, 0) is 19.8 Å². The van der Waals surface area contributed by atoms with Crippen LogP contribution in [0.4, 0.5) is 0 Å². The highest BCUT2D eigenvalue weighted by Crippen LogP contribution is 2.35. The highest BCUT2D eigenvalue weighted by atomic mass is 16.5. The average molecular weight is 235 g/mol. The lowest BCUT2D eigenvalue weighted by atomic mass is 9.81. The molecule has 2 bridgehead atoms. The molecule has 2 aliphatic rings. The van der Waals surface area contributed by atoms with Gasteiger partial charge in [0.05, 0.1) is 30.8 Å². The fourth-order valence-corrected chi connectivity index (χ4v) is 2.81.